The van der Waals surface area contributed by atoms with Crippen molar-refractivity contribution in [2.75, 3.05) is 20.2 Å². The summed E-state index contributed by atoms with van der Waals surface area (Å²) in [4.78, 5) is 34.3. The lowest BCUT2D eigenvalue weighted by Crippen LogP contribution is -2.35. The van der Waals surface area contributed by atoms with Gasteiger partial charge in [-0.2, -0.15) is 0 Å². The minimum absolute atomic E-state index is 0.0650. The molecule has 2 aromatic heterocycles. The Morgan fingerprint density at radius 2 is 2.03 bits per heavy atom. The number of hydrogen-bond donors (Lipinski definition) is 2. The van der Waals surface area contributed by atoms with Gasteiger partial charge in [-0.15, -0.1) is 0 Å². The molecule has 1 aliphatic heterocycles. The number of Topliss-reactive ketones (excluding diaryl/α,β-unsaturated/α-hetero) is 1. The van der Waals surface area contributed by atoms with E-state index in [1.54, 1.807) is 13.3 Å². The van der Waals surface area contributed by atoms with Crippen LogP contribution in [0.3, 0.4) is 0 Å². The fraction of sp³-hybridized carbons (Fsp3) is 0.548. The summed E-state index contributed by atoms with van der Waals surface area (Å²) in [5.74, 6) is 2.23. The monoisotopic (exact) mass is 532 g/mol. The van der Waals surface area contributed by atoms with E-state index in [1.165, 1.54) is 0 Å². The van der Waals surface area contributed by atoms with E-state index < -0.39 is 0 Å². The maximum atomic E-state index is 13.4. The van der Waals surface area contributed by atoms with Gasteiger partial charge in [0.15, 0.2) is 5.76 Å². The van der Waals surface area contributed by atoms with E-state index in [2.05, 4.69) is 20.6 Å². The highest BCUT2D eigenvalue weighted by molar-refractivity contribution is 5.87. The fourth-order valence-electron chi connectivity index (χ4n) is 5.94. The minimum atomic E-state index is -0.316. The number of aryl methyl sites for hydroxylation is 1. The molecule has 3 aromatic rings. The van der Waals surface area contributed by atoms with Crippen molar-refractivity contribution >= 4 is 22.6 Å². The minimum Gasteiger partial charge on any atom is -0.496 e. The first kappa shape index (κ1) is 27.3. The second-order valence-corrected chi connectivity index (χ2v) is 11.2. The van der Waals surface area contributed by atoms with Crippen LogP contribution in [0, 0.1) is 18.3 Å². The van der Waals surface area contributed by atoms with Gasteiger partial charge in [0.25, 0.3) is 0 Å². The molecule has 2 N–H and O–H groups in total. The number of methoxy groups -OCH3 is 1. The Labute approximate surface area is 230 Å². The molecule has 0 bridgehead atoms. The normalized spacial score (nSPS) is 18.7. The summed E-state index contributed by atoms with van der Waals surface area (Å²) in [5.41, 5.74) is 2.76. The van der Waals surface area contributed by atoms with Crippen LogP contribution in [0.15, 0.2) is 34.9 Å². The summed E-state index contributed by atoms with van der Waals surface area (Å²) >= 11 is 0. The molecule has 3 heterocycles. The van der Waals surface area contributed by atoms with Gasteiger partial charge in [0, 0.05) is 35.9 Å². The highest BCUT2D eigenvalue weighted by Crippen LogP contribution is 2.58. The molecule has 39 heavy (non-hydrogen) atoms. The number of nitrogens with one attached hydrogen (secondary N) is 2. The molecule has 1 aromatic carbocycles. The van der Waals surface area contributed by atoms with Crippen LogP contribution in [0.1, 0.15) is 82.3 Å². The zero-order valence-electron chi connectivity index (χ0n) is 23.3. The largest absolute Gasteiger partial charge is 0.496 e. The van der Waals surface area contributed by atoms with Crippen molar-refractivity contribution in [1.29, 1.82) is 0 Å². The number of oxazole rings is 1. The molecule has 1 spiro atoms. The van der Waals surface area contributed by atoms with Crippen LogP contribution in [0.25, 0.3) is 22.2 Å². The predicted octanol–water partition coefficient (Wildman–Crippen LogP) is 5.68. The van der Waals surface area contributed by atoms with Gasteiger partial charge in [-0.05, 0) is 69.7 Å². The number of benzene rings is 1. The first-order valence-electron chi connectivity index (χ1n) is 14.4. The number of fused-ring (bicyclic) bond motifs is 1. The Kier molecular flexibility index (Phi) is 8.31. The maximum absolute atomic E-state index is 13.4. The van der Waals surface area contributed by atoms with Crippen molar-refractivity contribution in [3.05, 3.63) is 42.0 Å². The smallest absolute Gasteiger partial charge is 0.224 e. The van der Waals surface area contributed by atoms with Crippen LogP contribution < -0.4 is 15.4 Å². The molecule has 1 aliphatic carbocycles. The molecule has 0 radical (unpaired) electrons. The molecule has 8 nitrogen and oxygen atoms in total. The molecule has 2 atom stereocenters. The Balaban J connectivity index is 1.34. The summed E-state index contributed by atoms with van der Waals surface area (Å²) in [6, 6.07) is 7.63. The van der Waals surface area contributed by atoms with Gasteiger partial charge in [0.1, 0.15) is 17.6 Å². The number of carbonyl (C=O) groups excluding carboxylic acids is 2. The zero-order chi connectivity index (χ0) is 27.4. The average molecular weight is 533 g/mol. The molecule has 8 heteroatoms. The van der Waals surface area contributed by atoms with Gasteiger partial charge in [-0.1, -0.05) is 25.8 Å². The SMILES string of the molecule is CCC(=O)CCCCC[C@H](NC(=O)[C@H]1CC12CCNCC2)c1ncc(-c2cc3ccc(C)nc3cc2OC)o1. The van der Waals surface area contributed by atoms with Crippen LogP contribution in [0.4, 0.5) is 0 Å². The lowest BCUT2D eigenvalue weighted by atomic mass is 9.91. The third-order valence-corrected chi connectivity index (χ3v) is 8.50. The number of amides is 1. The summed E-state index contributed by atoms with van der Waals surface area (Å²) in [6.45, 7) is 5.83. The number of rotatable bonds is 12. The zero-order valence-corrected chi connectivity index (χ0v) is 23.3. The highest BCUT2D eigenvalue weighted by atomic mass is 16.5. The van der Waals surface area contributed by atoms with E-state index in [9.17, 15) is 9.59 Å². The summed E-state index contributed by atoms with van der Waals surface area (Å²) in [5, 5.41) is 7.68. The van der Waals surface area contributed by atoms with Crippen LogP contribution in [-0.4, -0.2) is 41.9 Å². The van der Waals surface area contributed by atoms with Crippen LogP contribution in [0.2, 0.25) is 0 Å². The molecule has 5 rings (SSSR count). The number of carbonyl (C=O) groups is 2. The first-order valence-corrected chi connectivity index (χ1v) is 14.4. The number of aromatic nitrogens is 2. The van der Waals surface area contributed by atoms with Crippen LogP contribution in [-0.2, 0) is 9.59 Å². The lowest BCUT2D eigenvalue weighted by molar-refractivity contribution is -0.124. The van der Waals surface area contributed by atoms with Crippen molar-refractivity contribution < 1.29 is 18.7 Å². The molecule has 2 aliphatic rings. The van der Waals surface area contributed by atoms with Crippen LogP contribution in [0.5, 0.6) is 5.75 Å². The summed E-state index contributed by atoms with van der Waals surface area (Å²) < 4.78 is 12.0. The topological polar surface area (TPSA) is 106 Å². The Hall–Kier alpha value is -3.26. The van der Waals surface area contributed by atoms with E-state index in [4.69, 9.17) is 9.15 Å². The maximum Gasteiger partial charge on any atom is 0.224 e. The Morgan fingerprint density at radius 1 is 1.21 bits per heavy atom. The van der Waals surface area contributed by atoms with Crippen molar-refractivity contribution in [2.45, 2.75) is 77.7 Å². The first-order chi connectivity index (χ1) is 18.9. The summed E-state index contributed by atoms with van der Waals surface area (Å²) in [6.07, 6.45) is 9.38. The second-order valence-electron chi connectivity index (χ2n) is 11.2. The Bertz CT molecular complexity index is 1330. The molecule has 208 valence electrons. The standard InChI is InChI=1S/C31H40N4O4/c1-4-22(36)8-6-5-7-9-25(35-29(37)24-18-31(24)12-14-32-15-13-31)30-33-19-28(39-30)23-16-21-11-10-20(2)34-26(21)17-27(23)38-3/h10-11,16-17,19,24-25,32H,4-9,12-15,18H2,1-3H3,(H,35,37)/t24-,25+/m1/s1. The molecule has 1 amide bonds. The fourth-order valence-corrected chi connectivity index (χ4v) is 5.94. The Morgan fingerprint density at radius 3 is 2.79 bits per heavy atom. The van der Waals surface area contributed by atoms with Crippen LogP contribution >= 0.6 is 0 Å². The van der Waals surface area contributed by atoms with Gasteiger partial charge >= 0.3 is 0 Å². The molecular weight excluding hydrogens is 492 g/mol. The molecule has 1 saturated heterocycles. The predicted molar refractivity (Wildman–Crippen MR) is 150 cm³/mol. The molecular formula is C31H40N4O4. The third-order valence-electron chi connectivity index (χ3n) is 8.50. The number of ether oxygens (including phenoxy) is 1. The number of piperidine rings is 1. The number of hydrogen-bond acceptors (Lipinski definition) is 7. The third kappa shape index (κ3) is 6.16. The van der Waals surface area contributed by atoms with E-state index in [-0.39, 0.29) is 23.3 Å². The number of ketones is 1. The van der Waals surface area contributed by atoms with Crippen molar-refractivity contribution in [3.8, 4) is 17.1 Å². The lowest BCUT2D eigenvalue weighted by Gasteiger charge is -2.24. The molecule has 0 unspecified atom stereocenters. The van der Waals surface area contributed by atoms with Gasteiger partial charge in [0.05, 0.1) is 24.4 Å². The number of pyridine rings is 1. The number of unbranched alkanes of at least 4 members (excludes halogenated alkanes) is 2. The number of nitrogens with zero attached hydrogens (tertiary/aromatic N) is 2. The van der Waals surface area contributed by atoms with E-state index >= 15 is 0 Å². The van der Waals surface area contributed by atoms with Gasteiger partial charge in [-0.3, -0.25) is 14.6 Å². The second kappa shape index (κ2) is 11.9. The van der Waals surface area contributed by atoms with Gasteiger partial charge in [-0.25, -0.2) is 4.98 Å². The van der Waals surface area contributed by atoms with E-state index in [0.717, 1.165) is 73.8 Å². The van der Waals surface area contributed by atoms with E-state index in [1.807, 2.05) is 38.1 Å². The molecule has 2 fully saturated rings. The summed E-state index contributed by atoms with van der Waals surface area (Å²) in [7, 11) is 1.64. The highest BCUT2D eigenvalue weighted by Gasteiger charge is 2.57. The van der Waals surface area contributed by atoms with Crippen molar-refractivity contribution in [3.63, 3.8) is 0 Å². The van der Waals surface area contributed by atoms with Crippen molar-refractivity contribution in [1.82, 2.24) is 20.6 Å². The average Bonchev–Trinajstić information content (AvgIpc) is 3.40. The van der Waals surface area contributed by atoms with Gasteiger partial charge < -0.3 is 19.8 Å². The molecule has 1 saturated carbocycles. The quantitative estimate of drug-likeness (QED) is 0.289. The van der Waals surface area contributed by atoms with Gasteiger partial charge in [0.2, 0.25) is 11.8 Å². The van der Waals surface area contributed by atoms with Crippen molar-refractivity contribution in [2.24, 2.45) is 11.3 Å². The van der Waals surface area contributed by atoms with E-state index in [0.29, 0.717) is 42.4 Å².